The van der Waals surface area contributed by atoms with Crippen molar-refractivity contribution in [3.63, 3.8) is 0 Å². The largest absolute Gasteiger partial charge is 0.330 e. The number of hydrogen-bond donors (Lipinski definition) is 2. The molecule has 0 aromatic carbocycles. The average Bonchev–Trinajstić information content (AvgIpc) is 2.28. The van der Waals surface area contributed by atoms with E-state index in [1.54, 1.807) is 0 Å². The van der Waals surface area contributed by atoms with Crippen LogP contribution in [0.15, 0.2) is 0 Å². The zero-order valence-electron chi connectivity index (χ0n) is 11.1. The molecule has 0 radical (unpaired) electrons. The highest BCUT2D eigenvalue weighted by atomic mass is 14.8. The fourth-order valence-corrected chi connectivity index (χ4v) is 1.12. The zero-order chi connectivity index (χ0) is 11.8. The highest BCUT2D eigenvalue weighted by Crippen LogP contribution is 1.93. The number of nitrogens with two attached hydrogens (primary N) is 1. The van der Waals surface area contributed by atoms with E-state index in [-0.39, 0.29) is 0 Å². The van der Waals surface area contributed by atoms with Crippen LogP contribution in [0.25, 0.3) is 0 Å². The summed E-state index contributed by atoms with van der Waals surface area (Å²) in [6, 6.07) is 0. The van der Waals surface area contributed by atoms with Crippen molar-refractivity contribution in [2.45, 2.75) is 65.7 Å². The standard InChI is InChI=1S/C10H23N.C3H9N/c1-3-5-7-9-11-10-8-6-4-2;1-2-3-4/h11H,3-10H2,1-2H3;2-4H2,1H3. The van der Waals surface area contributed by atoms with E-state index in [4.69, 9.17) is 5.73 Å². The van der Waals surface area contributed by atoms with E-state index in [1.165, 1.54) is 51.6 Å². The van der Waals surface area contributed by atoms with Crippen LogP contribution in [0.4, 0.5) is 0 Å². The summed E-state index contributed by atoms with van der Waals surface area (Å²) in [5.74, 6) is 0. The molecule has 0 aliphatic rings. The van der Waals surface area contributed by atoms with Gasteiger partial charge in [0.05, 0.1) is 0 Å². The van der Waals surface area contributed by atoms with Gasteiger partial charge in [0.1, 0.15) is 0 Å². The lowest BCUT2D eigenvalue weighted by molar-refractivity contribution is 0.583. The minimum atomic E-state index is 0.819. The summed E-state index contributed by atoms with van der Waals surface area (Å²) in [6.45, 7) is 9.81. The third-order valence-corrected chi connectivity index (χ3v) is 2.20. The van der Waals surface area contributed by atoms with E-state index in [0.29, 0.717) is 0 Å². The predicted molar refractivity (Wildman–Crippen MR) is 71.3 cm³/mol. The Bertz CT molecular complexity index is 74.6. The minimum Gasteiger partial charge on any atom is -0.330 e. The summed E-state index contributed by atoms with van der Waals surface area (Å²) in [5.41, 5.74) is 5.03. The molecule has 0 aromatic rings. The average molecular weight is 216 g/mol. The summed E-state index contributed by atoms with van der Waals surface area (Å²) >= 11 is 0. The van der Waals surface area contributed by atoms with Crippen molar-refractivity contribution in [1.82, 2.24) is 5.32 Å². The lowest BCUT2D eigenvalue weighted by Crippen LogP contribution is -2.16. The second-order valence-corrected chi connectivity index (χ2v) is 3.95. The Morgan fingerprint density at radius 2 is 1.13 bits per heavy atom. The van der Waals surface area contributed by atoms with Gasteiger partial charge < -0.3 is 11.1 Å². The van der Waals surface area contributed by atoms with Crippen LogP contribution in [0, 0.1) is 0 Å². The molecule has 0 rings (SSSR count). The van der Waals surface area contributed by atoms with Gasteiger partial charge >= 0.3 is 0 Å². The molecule has 15 heavy (non-hydrogen) atoms. The topological polar surface area (TPSA) is 38.0 Å². The predicted octanol–water partition coefficient (Wildman–Crippen LogP) is 3.31. The van der Waals surface area contributed by atoms with Crippen molar-refractivity contribution in [2.75, 3.05) is 19.6 Å². The van der Waals surface area contributed by atoms with Crippen LogP contribution in [-0.4, -0.2) is 19.6 Å². The van der Waals surface area contributed by atoms with E-state index in [2.05, 4.69) is 26.1 Å². The molecule has 2 nitrogen and oxygen atoms in total. The smallest absolute Gasteiger partial charge is 0.00489 e. The van der Waals surface area contributed by atoms with E-state index in [0.717, 1.165) is 13.0 Å². The Balaban J connectivity index is 0. The number of nitrogens with one attached hydrogen (secondary N) is 1. The molecule has 0 bridgehead atoms. The molecule has 0 aliphatic heterocycles. The maximum absolute atomic E-state index is 5.03. The van der Waals surface area contributed by atoms with Crippen molar-refractivity contribution in [3.05, 3.63) is 0 Å². The van der Waals surface area contributed by atoms with Crippen LogP contribution in [0.3, 0.4) is 0 Å². The SMILES string of the molecule is CCCCCNCCCCC.CCCN. The highest BCUT2D eigenvalue weighted by molar-refractivity contribution is 4.48. The van der Waals surface area contributed by atoms with E-state index < -0.39 is 0 Å². The van der Waals surface area contributed by atoms with Gasteiger partial charge in [-0.3, -0.25) is 0 Å². The molecule has 0 fully saturated rings. The fraction of sp³-hybridized carbons (Fsp3) is 1.00. The van der Waals surface area contributed by atoms with Gasteiger partial charge in [-0.1, -0.05) is 46.5 Å². The van der Waals surface area contributed by atoms with Crippen LogP contribution in [0.5, 0.6) is 0 Å². The van der Waals surface area contributed by atoms with E-state index in [1.807, 2.05) is 0 Å². The van der Waals surface area contributed by atoms with E-state index in [9.17, 15) is 0 Å². The third-order valence-electron chi connectivity index (χ3n) is 2.20. The number of hydrogen-bond acceptors (Lipinski definition) is 2. The van der Waals surface area contributed by atoms with Gasteiger partial charge in [0.2, 0.25) is 0 Å². The Hall–Kier alpha value is -0.0800. The summed E-state index contributed by atoms with van der Waals surface area (Å²) in [5, 5.41) is 3.46. The lowest BCUT2D eigenvalue weighted by Gasteiger charge is -2.02. The summed E-state index contributed by atoms with van der Waals surface area (Å²) in [4.78, 5) is 0. The molecule has 2 heteroatoms. The molecular formula is C13H32N2. The minimum absolute atomic E-state index is 0.819. The van der Waals surface area contributed by atoms with Crippen molar-refractivity contribution < 1.29 is 0 Å². The van der Waals surface area contributed by atoms with Crippen LogP contribution >= 0.6 is 0 Å². The molecule has 0 atom stereocenters. The third kappa shape index (κ3) is 24.9. The second-order valence-electron chi connectivity index (χ2n) is 3.95. The molecule has 0 unspecified atom stereocenters. The molecular weight excluding hydrogens is 184 g/mol. The van der Waals surface area contributed by atoms with Gasteiger partial charge in [0.25, 0.3) is 0 Å². The maximum atomic E-state index is 5.03. The number of rotatable bonds is 9. The summed E-state index contributed by atoms with van der Waals surface area (Å²) in [7, 11) is 0. The van der Waals surface area contributed by atoms with Gasteiger partial charge in [0.15, 0.2) is 0 Å². The monoisotopic (exact) mass is 216 g/mol. The Labute approximate surface area is 97.0 Å². The summed E-state index contributed by atoms with van der Waals surface area (Å²) < 4.78 is 0. The Morgan fingerprint density at radius 3 is 1.40 bits per heavy atom. The van der Waals surface area contributed by atoms with Crippen molar-refractivity contribution in [2.24, 2.45) is 5.73 Å². The van der Waals surface area contributed by atoms with Crippen molar-refractivity contribution >= 4 is 0 Å². The first-order valence-electron chi connectivity index (χ1n) is 6.74. The van der Waals surface area contributed by atoms with Gasteiger partial charge in [0, 0.05) is 0 Å². The molecule has 0 saturated heterocycles. The number of unbranched alkanes of at least 4 members (excludes halogenated alkanes) is 4. The molecule has 0 heterocycles. The first kappa shape index (κ1) is 17.3. The van der Waals surface area contributed by atoms with Gasteiger partial charge in [-0.2, -0.15) is 0 Å². The maximum Gasteiger partial charge on any atom is -0.00489 e. The van der Waals surface area contributed by atoms with Gasteiger partial charge in [-0.05, 0) is 38.9 Å². The van der Waals surface area contributed by atoms with Crippen LogP contribution in [0.1, 0.15) is 65.7 Å². The molecule has 0 aromatic heterocycles. The highest BCUT2D eigenvalue weighted by Gasteiger charge is 1.86. The molecule has 0 spiro atoms. The van der Waals surface area contributed by atoms with Crippen LogP contribution in [-0.2, 0) is 0 Å². The van der Waals surface area contributed by atoms with Crippen molar-refractivity contribution in [1.29, 1.82) is 0 Å². The van der Waals surface area contributed by atoms with Crippen LogP contribution in [0.2, 0.25) is 0 Å². The second kappa shape index (κ2) is 19.5. The molecule has 0 amide bonds. The van der Waals surface area contributed by atoms with Crippen LogP contribution < -0.4 is 11.1 Å². The quantitative estimate of drug-likeness (QED) is 0.580. The molecule has 0 aliphatic carbocycles. The zero-order valence-corrected chi connectivity index (χ0v) is 11.1. The fourth-order valence-electron chi connectivity index (χ4n) is 1.12. The normalized spacial score (nSPS) is 9.60. The first-order valence-corrected chi connectivity index (χ1v) is 6.74. The lowest BCUT2D eigenvalue weighted by atomic mass is 10.2. The Kier molecular flexibility index (Phi) is 22.5. The summed E-state index contributed by atoms with van der Waals surface area (Å²) in [6.07, 6.45) is 9.21. The van der Waals surface area contributed by atoms with Crippen molar-refractivity contribution in [3.8, 4) is 0 Å². The first-order chi connectivity index (χ1) is 7.33. The van der Waals surface area contributed by atoms with E-state index >= 15 is 0 Å². The molecule has 0 saturated carbocycles. The van der Waals surface area contributed by atoms with Gasteiger partial charge in [-0.15, -0.1) is 0 Å². The molecule has 3 N–H and O–H groups in total. The Morgan fingerprint density at radius 1 is 0.733 bits per heavy atom. The van der Waals surface area contributed by atoms with Gasteiger partial charge in [-0.25, -0.2) is 0 Å². The molecule has 94 valence electrons.